The van der Waals surface area contributed by atoms with E-state index in [2.05, 4.69) is 17.0 Å². The van der Waals surface area contributed by atoms with Gasteiger partial charge in [0.2, 0.25) is 10.0 Å². The van der Waals surface area contributed by atoms with E-state index >= 15 is 0 Å². The number of hydrogen-bond donors (Lipinski definition) is 2. The first-order valence-electron chi connectivity index (χ1n) is 9.22. The zero-order chi connectivity index (χ0) is 19.1. The van der Waals surface area contributed by atoms with Gasteiger partial charge >= 0.3 is 6.09 Å². The van der Waals surface area contributed by atoms with Crippen molar-refractivity contribution >= 4 is 16.1 Å². The highest BCUT2D eigenvalue weighted by Gasteiger charge is 2.29. The third-order valence-electron chi connectivity index (χ3n) is 4.34. The van der Waals surface area contributed by atoms with Crippen LogP contribution in [0.2, 0.25) is 0 Å². The second kappa shape index (κ2) is 9.73. The van der Waals surface area contributed by atoms with Gasteiger partial charge in [-0.1, -0.05) is 0 Å². The number of sulfonamides is 1. The molecule has 0 aromatic heterocycles. The van der Waals surface area contributed by atoms with E-state index in [0.29, 0.717) is 19.0 Å². The van der Waals surface area contributed by atoms with Gasteiger partial charge in [-0.3, -0.25) is 0 Å². The van der Waals surface area contributed by atoms with E-state index in [9.17, 15) is 13.2 Å². The van der Waals surface area contributed by atoms with Gasteiger partial charge in [-0.25, -0.2) is 17.9 Å². The van der Waals surface area contributed by atoms with Gasteiger partial charge in [0.25, 0.3) is 0 Å². The Kier molecular flexibility index (Phi) is 8.63. The van der Waals surface area contributed by atoms with Crippen molar-refractivity contribution < 1.29 is 17.9 Å². The molecule has 148 valence electrons. The first-order valence-corrected chi connectivity index (χ1v) is 10.9. The van der Waals surface area contributed by atoms with Crippen LogP contribution in [0.4, 0.5) is 4.79 Å². The van der Waals surface area contributed by atoms with Crippen LogP contribution in [0.5, 0.6) is 0 Å². The number of carbonyl (C=O) groups is 1. The van der Waals surface area contributed by atoms with Crippen molar-refractivity contribution in [2.45, 2.75) is 65.5 Å². The Labute approximate surface area is 152 Å². The molecule has 0 spiro atoms. The maximum absolute atomic E-state index is 12.2. The number of piperidine rings is 1. The number of hydrogen-bond acceptors (Lipinski definition) is 5. The molecule has 0 bridgehead atoms. The van der Waals surface area contributed by atoms with Crippen molar-refractivity contribution in [1.82, 2.24) is 14.9 Å². The minimum atomic E-state index is -3.11. The summed E-state index contributed by atoms with van der Waals surface area (Å²) in [5.41, 5.74) is -0.473. The maximum atomic E-state index is 12.2. The monoisotopic (exact) mass is 377 g/mol. The topological polar surface area (TPSA) is 87.7 Å². The molecule has 0 aromatic rings. The number of carbonyl (C=O) groups excluding carboxylic acids is 1. The standard InChI is InChI=1S/C17H35N3O4S/c1-6-25(22,23)19-11-8-10-18-14(2)15-9-7-12-20(13-15)16(21)24-17(3,4)5/h14-15,18-19H,6-13H2,1-5H3/t14-,15-/m1/s1. The fourth-order valence-electron chi connectivity index (χ4n) is 2.82. The van der Waals surface area contributed by atoms with E-state index in [1.807, 2.05) is 20.8 Å². The molecule has 1 rings (SSSR count). The molecule has 0 aromatic carbocycles. The Morgan fingerprint density at radius 3 is 2.60 bits per heavy atom. The first-order chi connectivity index (χ1) is 11.5. The molecule has 25 heavy (non-hydrogen) atoms. The summed E-state index contributed by atoms with van der Waals surface area (Å²) < 4.78 is 30.8. The molecule has 0 radical (unpaired) electrons. The fraction of sp³-hybridized carbons (Fsp3) is 0.941. The van der Waals surface area contributed by atoms with E-state index in [4.69, 9.17) is 4.74 Å². The second-order valence-electron chi connectivity index (χ2n) is 7.72. The van der Waals surface area contributed by atoms with Gasteiger partial charge in [-0.15, -0.1) is 0 Å². The minimum Gasteiger partial charge on any atom is -0.444 e. The SMILES string of the molecule is CCS(=O)(=O)NCCCN[C@H](C)[C@@H]1CCCN(C(=O)OC(C)(C)C)C1. The maximum Gasteiger partial charge on any atom is 0.410 e. The van der Waals surface area contributed by atoms with Gasteiger partial charge in [-0.05, 0) is 66.3 Å². The smallest absolute Gasteiger partial charge is 0.410 e. The van der Waals surface area contributed by atoms with E-state index in [0.717, 1.165) is 32.4 Å². The molecule has 1 amide bonds. The van der Waals surface area contributed by atoms with Crippen molar-refractivity contribution in [3.8, 4) is 0 Å². The third-order valence-corrected chi connectivity index (χ3v) is 5.74. The predicted octanol–water partition coefficient (Wildman–Crippen LogP) is 1.94. The molecule has 1 heterocycles. The molecule has 1 saturated heterocycles. The highest BCUT2D eigenvalue weighted by atomic mass is 32.2. The van der Waals surface area contributed by atoms with Gasteiger partial charge in [0.05, 0.1) is 5.75 Å². The lowest BCUT2D eigenvalue weighted by atomic mass is 9.91. The highest BCUT2D eigenvalue weighted by molar-refractivity contribution is 7.89. The number of amides is 1. The average molecular weight is 378 g/mol. The van der Waals surface area contributed by atoms with E-state index < -0.39 is 15.6 Å². The Bertz CT molecular complexity index is 516. The Balaban J connectivity index is 2.33. The van der Waals surface area contributed by atoms with E-state index in [1.165, 1.54) is 0 Å². The first kappa shape index (κ1) is 22.2. The van der Waals surface area contributed by atoms with Crippen molar-refractivity contribution in [3.63, 3.8) is 0 Å². The van der Waals surface area contributed by atoms with Crippen LogP contribution in [0, 0.1) is 5.92 Å². The van der Waals surface area contributed by atoms with Gasteiger partial charge in [0, 0.05) is 25.7 Å². The summed E-state index contributed by atoms with van der Waals surface area (Å²) in [7, 11) is -3.11. The van der Waals surface area contributed by atoms with Crippen LogP contribution in [0.25, 0.3) is 0 Å². The summed E-state index contributed by atoms with van der Waals surface area (Å²) >= 11 is 0. The molecule has 0 unspecified atom stereocenters. The number of nitrogens with one attached hydrogen (secondary N) is 2. The van der Waals surface area contributed by atoms with Crippen LogP contribution in [0.3, 0.4) is 0 Å². The van der Waals surface area contributed by atoms with Crippen LogP contribution in [-0.4, -0.2) is 63.0 Å². The van der Waals surface area contributed by atoms with Crippen molar-refractivity contribution in [2.75, 3.05) is 31.9 Å². The minimum absolute atomic E-state index is 0.111. The Morgan fingerprint density at radius 1 is 1.32 bits per heavy atom. The fourth-order valence-corrected chi connectivity index (χ4v) is 3.48. The van der Waals surface area contributed by atoms with Crippen LogP contribution in [-0.2, 0) is 14.8 Å². The van der Waals surface area contributed by atoms with Gasteiger partial charge in [0.15, 0.2) is 0 Å². The van der Waals surface area contributed by atoms with Crippen molar-refractivity contribution in [1.29, 1.82) is 0 Å². The molecule has 2 N–H and O–H groups in total. The second-order valence-corrected chi connectivity index (χ2v) is 9.82. The molecule has 1 aliphatic rings. The zero-order valence-electron chi connectivity index (χ0n) is 16.3. The van der Waals surface area contributed by atoms with Gasteiger partial charge in [0.1, 0.15) is 5.60 Å². The zero-order valence-corrected chi connectivity index (χ0v) is 17.1. The van der Waals surface area contributed by atoms with Crippen LogP contribution >= 0.6 is 0 Å². The molecule has 0 saturated carbocycles. The van der Waals surface area contributed by atoms with Gasteiger partial charge in [-0.2, -0.15) is 0 Å². The number of nitrogens with zero attached hydrogens (tertiary/aromatic N) is 1. The quantitative estimate of drug-likeness (QED) is 0.631. The summed E-state index contributed by atoms with van der Waals surface area (Å²) in [5.74, 6) is 0.493. The van der Waals surface area contributed by atoms with Gasteiger partial charge < -0.3 is 15.0 Å². The van der Waals surface area contributed by atoms with Crippen molar-refractivity contribution in [3.05, 3.63) is 0 Å². The lowest BCUT2D eigenvalue weighted by Gasteiger charge is -2.36. The molecule has 8 heteroatoms. The van der Waals surface area contributed by atoms with Crippen molar-refractivity contribution in [2.24, 2.45) is 5.92 Å². The summed E-state index contributed by atoms with van der Waals surface area (Å²) in [6, 6.07) is 0.271. The van der Waals surface area contributed by atoms with Crippen LogP contribution in [0.15, 0.2) is 0 Å². The Hall–Kier alpha value is -0.860. The highest BCUT2D eigenvalue weighted by Crippen LogP contribution is 2.21. The number of likely N-dealkylation sites (tertiary alicyclic amines) is 1. The predicted molar refractivity (Wildman–Crippen MR) is 100 cm³/mol. The van der Waals surface area contributed by atoms with E-state index in [1.54, 1.807) is 11.8 Å². The summed E-state index contributed by atoms with van der Waals surface area (Å²) in [6.07, 6.45) is 2.56. The summed E-state index contributed by atoms with van der Waals surface area (Å²) in [5, 5.41) is 3.45. The molecule has 1 fully saturated rings. The summed E-state index contributed by atoms with van der Waals surface area (Å²) in [4.78, 5) is 14.0. The third kappa shape index (κ3) is 8.87. The van der Waals surface area contributed by atoms with Crippen LogP contribution < -0.4 is 10.0 Å². The molecular weight excluding hydrogens is 342 g/mol. The number of ether oxygens (including phenoxy) is 1. The normalized spacial score (nSPS) is 20.4. The lowest BCUT2D eigenvalue weighted by molar-refractivity contribution is 0.0148. The Morgan fingerprint density at radius 2 is 2.00 bits per heavy atom. The van der Waals surface area contributed by atoms with Crippen LogP contribution in [0.1, 0.15) is 53.9 Å². The molecular formula is C17H35N3O4S. The number of rotatable bonds is 8. The molecule has 1 aliphatic heterocycles. The average Bonchev–Trinajstić information content (AvgIpc) is 2.53. The molecule has 2 atom stereocenters. The molecule has 7 nitrogen and oxygen atoms in total. The molecule has 0 aliphatic carbocycles. The van der Waals surface area contributed by atoms with E-state index in [-0.39, 0.29) is 17.9 Å². The largest absolute Gasteiger partial charge is 0.444 e. The summed E-state index contributed by atoms with van der Waals surface area (Å²) in [6.45, 7) is 12.0. The lowest BCUT2D eigenvalue weighted by Crippen LogP contribution is -2.48.